The van der Waals surface area contributed by atoms with Gasteiger partial charge in [-0.05, 0) is 31.6 Å². The number of amides is 1. The predicted molar refractivity (Wildman–Crippen MR) is 61.3 cm³/mol. The maximum Gasteiger partial charge on any atom is 0.223 e. The summed E-state index contributed by atoms with van der Waals surface area (Å²) in [6, 6.07) is 0. The number of thioether (sulfide) groups is 1. The molecule has 1 aliphatic heterocycles. The van der Waals surface area contributed by atoms with Crippen molar-refractivity contribution in [2.45, 2.75) is 25.7 Å². The van der Waals surface area contributed by atoms with Gasteiger partial charge in [0.05, 0.1) is 0 Å². The number of unbranched alkanes of at least 4 members (excludes halogenated alkanes) is 2. The van der Waals surface area contributed by atoms with Crippen molar-refractivity contribution in [1.82, 2.24) is 5.32 Å². The zero-order chi connectivity index (χ0) is 10.2. The fourth-order valence-corrected chi connectivity index (χ4v) is 2.76. The van der Waals surface area contributed by atoms with E-state index in [0.717, 1.165) is 50.3 Å². The monoisotopic (exact) mass is 216 g/mol. The van der Waals surface area contributed by atoms with Gasteiger partial charge in [0.2, 0.25) is 5.91 Å². The Hall–Kier alpha value is -0.220. The molecule has 3 nitrogen and oxygen atoms in total. The van der Waals surface area contributed by atoms with Crippen LogP contribution in [0.1, 0.15) is 25.7 Å². The number of hydrogen-bond donors (Lipinski definition) is 2. The fraction of sp³-hybridized carbons (Fsp3) is 0.900. The van der Waals surface area contributed by atoms with E-state index in [9.17, 15) is 4.79 Å². The first-order valence-electron chi connectivity index (χ1n) is 5.40. The summed E-state index contributed by atoms with van der Waals surface area (Å²) in [6.45, 7) is 1.58. The number of nitrogens with one attached hydrogen (secondary N) is 1. The molecular formula is C10H20N2OS. The highest BCUT2D eigenvalue weighted by Gasteiger charge is 2.22. The summed E-state index contributed by atoms with van der Waals surface area (Å²) < 4.78 is 0. The van der Waals surface area contributed by atoms with Crippen LogP contribution in [0.4, 0.5) is 0 Å². The topological polar surface area (TPSA) is 55.1 Å². The molecule has 1 saturated heterocycles. The normalized spacial score (nSPS) is 21.1. The number of carbonyl (C=O) groups is 1. The van der Waals surface area contributed by atoms with Crippen molar-refractivity contribution in [2.24, 2.45) is 11.7 Å². The van der Waals surface area contributed by atoms with E-state index in [1.54, 1.807) is 0 Å². The summed E-state index contributed by atoms with van der Waals surface area (Å²) in [6.07, 6.45) is 4.30. The molecule has 0 aliphatic carbocycles. The van der Waals surface area contributed by atoms with E-state index in [2.05, 4.69) is 5.32 Å². The number of carbonyl (C=O) groups excluding carboxylic acids is 1. The van der Waals surface area contributed by atoms with Gasteiger partial charge >= 0.3 is 0 Å². The Morgan fingerprint density at radius 2 is 2.29 bits per heavy atom. The third-order valence-corrected chi connectivity index (χ3v) is 3.64. The third kappa shape index (κ3) is 4.33. The second kappa shape index (κ2) is 7.12. The minimum atomic E-state index is 0.253. The second-order valence-electron chi connectivity index (χ2n) is 3.70. The average Bonchev–Trinajstić information content (AvgIpc) is 2.70. The lowest BCUT2D eigenvalue weighted by molar-refractivity contribution is -0.124. The van der Waals surface area contributed by atoms with Gasteiger partial charge in [-0.2, -0.15) is 11.8 Å². The van der Waals surface area contributed by atoms with Crippen LogP contribution in [-0.2, 0) is 4.79 Å². The molecule has 0 spiro atoms. The molecule has 1 atom stereocenters. The standard InChI is InChI=1S/C10H20N2OS/c11-5-2-1-3-6-12-10(13)9-4-7-14-8-9/h9H,1-8,11H2,(H,12,13). The minimum Gasteiger partial charge on any atom is -0.356 e. The summed E-state index contributed by atoms with van der Waals surface area (Å²) in [5, 5.41) is 2.99. The van der Waals surface area contributed by atoms with Crippen LogP contribution in [-0.4, -0.2) is 30.5 Å². The highest BCUT2D eigenvalue weighted by atomic mass is 32.2. The van der Waals surface area contributed by atoms with Crippen LogP contribution >= 0.6 is 11.8 Å². The molecule has 3 N–H and O–H groups in total. The Balaban J connectivity index is 1.97. The SMILES string of the molecule is NCCCCCNC(=O)C1CCSC1. The molecule has 0 saturated carbocycles. The van der Waals surface area contributed by atoms with Crippen molar-refractivity contribution in [2.75, 3.05) is 24.6 Å². The van der Waals surface area contributed by atoms with E-state index in [0.29, 0.717) is 0 Å². The van der Waals surface area contributed by atoms with Crippen LogP contribution in [0.3, 0.4) is 0 Å². The molecule has 0 radical (unpaired) electrons. The lowest BCUT2D eigenvalue weighted by Crippen LogP contribution is -2.31. The van der Waals surface area contributed by atoms with E-state index in [-0.39, 0.29) is 11.8 Å². The molecule has 1 rings (SSSR count). The zero-order valence-electron chi connectivity index (χ0n) is 8.63. The molecule has 82 valence electrons. The van der Waals surface area contributed by atoms with E-state index in [1.165, 1.54) is 0 Å². The van der Waals surface area contributed by atoms with E-state index in [1.807, 2.05) is 11.8 Å². The maximum atomic E-state index is 11.5. The van der Waals surface area contributed by atoms with Gasteiger partial charge < -0.3 is 11.1 Å². The van der Waals surface area contributed by atoms with Crippen LogP contribution < -0.4 is 11.1 Å². The number of nitrogens with two attached hydrogens (primary N) is 1. The van der Waals surface area contributed by atoms with Crippen LogP contribution in [0.2, 0.25) is 0 Å². The van der Waals surface area contributed by atoms with E-state index >= 15 is 0 Å². The van der Waals surface area contributed by atoms with Crippen molar-refractivity contribution in [3.05, 3.63) is 0 Å². The number of hydrogen-bond acceptors (Lipinski definition) is 3. The molecule has 1 aliphatic rings. The van der Waals surface area contributed by atoms with Gasteiger partial charge in [-0.3, -0.25) is 4.79 Å². The van der Waals surface area contributed by atoms with Crippen molar-refractivity contribution in [3.63, 3.8) is 0 Å². The van der Waals surface area contributed by atoms with Gasteiger partial charge in [0, 0.05) is 18.2 Å². The van der Waals surface area contributed by atoms with Crippen LogP contribution in [0, 0.1) is 5.92 Å². The van der Waals surface area contributed by atoms with Crippen LogP contribution in [0.15, 0.2) is 0 Å². The summed E-state index contributed by atoms with van der Waals surface area (Å²) in [7, 11) is 0. The average molecular weight is 216 g/mol. The zero-order valence-corrected chi connectivity index (χ0v) is 9.44. The van der Waals surface area contributed by atoms with Crippen LogP contribution in [0.25, 0.3) is 0 Å². The molecule has 1 fully saturated rings. The Morgan fingerprint density at radius 3 is 2.93 bits per heavy atom. The van der Waals surface area contributed by atoms with Gasteiger partial charge in [0.25, 0.3) is 0 Å². The first-order valence-corrected chi connectivity index (χ1v) is 6.55. The molecule has 0 aromatic rings. The lowest BCUT2D eigenvalue weighted by atomic mass is 10.1. The molecule has 1 heterocycles. The fourth-order valence-electron chi connectivity index (χ4n) is 1.54. The molecule has 1 unspecified atom stereocenters. The second-order valence-corrected chi connectivity index (χ2v) is 4.85. The first-order chi connectivity index (χ1) is 6.84. The maximum absolute atomic E-state index is 11.5. The van der Waals surface area contributed by atoms with Gasteiger partial charge in [-0.15, -0.1) is 0 Å². The van der Waals surface area contributed by atoms with Crippen molar-refractivity contribution >= 4 is 17.7 Å². The largest absolute Gasteiger partial charge is 0.356 e. The van der Waals surface area contributed by atoms with Crippen molar-refractivity contribution in [3.8, 4) is 0 Å². The molecule has 0 aromatic carbocycles. The Morgan fingerprint density at radius 1 is 1.43 bits per heavy atom. The Labute approximate surface area is 90.2 Å². The molecular weight excluding hydrogens is 196 g/mol. The van der Waals surface area contributed by atoms with Gasteiger partial charge in [-0.25, -0.2) is 0 Å². The molecule has 4 heteroatoms. The van der Waals surface area contributed by atoms with Gasteiger partial charge in [0.15, 0.2) is 0 Å². The third-order valence-electron chi connectivity index (χ3n) is 2.48. The predicted octanol–water partition coefficient (Wildman–Crippen LogP) is 0.985. The summed E-state index contributed by atoms with van der Waals surface area (Å²) in [5.74, 6) is 2.68. The minimum absolute atomic E-state index is 0.253. The smallest absolute Gasteiger partial charge is 0.223 e. The highest BCUT2D eigenvalue weighted by molar-refractivity contribution is 7.99. The number of rotatable bonds is 6. The Bertz CT molecular complexity index is 170. The van der Waals surface area contributed by atoms with Gasteiger partial charge in [0.1, 0.15) is 0 Å². The van der Waals surface area contributed by atoms with Crippen molar-refractivity contribution < 1.29 is 4.79 Å². The summed E-state index contributed by atoms with van der Waals surface area (Å²) in [4.78, 5) is 11.5. The van der Waals surface area contributed by atoms with Crippen LogP contribution in [0.5, 0.6) is 0 Å². The summed E-state index contributed by atoms with van der Waals surface area (Å²) in [5.41, 5.74) is 5.38. The molecule has 0 bridgehead atoms. The lowest BCUT2D eigenvalue weighted by Gasteiger charge is -2.09. The molecule has 14 heavy (non-hydrogen) atoms. The quantitative estimate of drug-likeness (QED) is 0.651. The molecule has 0 aromatic heterocycles. The van der Waals surface area contributed by atoms with E-state index < -0.39 is 0 Å². The first kappa shape index (κ1) is 11.9. The summed E-state index contributed by atoms with van der Waals surface area (Å²) >= 11 is 1.88. The molecule has 1 amide bonds. The van der Waals surface area contributed by atoms with Gasteiger partial charge in [-0.1, -0.05) is 6.42 Å². The van der Waals surface area contributed by atoms with E-state index in [4.69, 9.17) is 5.73 Å². The Kier molecular flexibility index (Phi) is 6.03. The highest BCUT2D eigenvalue weighted by Crippen LogP contribution is 2.23. The van der Waals surface area contributed by atoms with Crippen molar-refractivity contribution in [1.29, 1.82) is 0 Å².